The topological polar surface area (TPSA) is 85.0 Å². The Hall–Kier alpha value is -2.80. The fraction of sp³-hybridized carbons (Fsp3) is 0.235. The maximum Gasteiger partial charge on any atom is 0.254 e. The summed E-state index contributed by atoms with van der Waals surface area (Å²) < 4.78 is 5.80. The summed E-state index contributed by atoms with van der Waals surface area (Å²) in [7, 11) is 0. The van der Waals surface area contributed by atoms with Crippen LogP contribution >= 0.6 is 11.6 Å². The second-order valence-corrected chi connectivity index (χ2v) is 6.10. The molecule has 0 spiro atoms. The molecule has 0 radical (unpaired) electrons. The molecule has 25 heavy (non-hydrogen) atoms. The number of hydrogen-bond donors (Lipinski definition) is 0. The van der Waals surface area contributed by atoms with Crippen molar-refractivity contribution in [2.45, 2.75) is 18.9 Å². The predicted molar refractivity (Wildman–Crippen MR) is 89.8 cm³/mol. The molecular formula is C17H14ClN5O2. The molecule has 0 N–H and O–H groups in total. The van der Waals surface area contributed by atoms with Crippen molar-refractivity contribution in [1.82, 2.24) is 25.1 Å². The molecule has 0 saturated carbocycles. The Morgan fingerprint density at radius 2 is 2.20 bits per heavy atom. The molecule has 0 bridgehead atoms. The van der Waals surface area contributed by atoms with Crippen LogP contribution in [-0.4, -0.2) is 37.5 Å². The average molecular weight is 356 g/mol. The van der Waals surface area contributed by atoms with Crippen molar-refractivity contribution in [3.8, 4) is 11.5 Å². The number of nitrogens with zero attached hydrogens (tertiary/aromatic N) is 5. The second kappa shape index (κ2) is 6.60. The highest BCUT2D eigenvalue weighted by Gasteiger charge is 2.34. The Balaban J connectivity index is 1.60. The number of amides is 1. The number of pyridine rings is 2. The quantitative estimate of drug-likeness (QED) is 0.671. The van der Waals surface area contributed by atoms with Crippen molar-refractivity contribution in [2.24, 2.45) is 0 Å². The van der Waals surface area contributed by atoms with Gasteiger partial charge in [-0.1, -0.05) is 11.6 Å². The van der Waals surface area contributed by atoms with E-state index >= 15 is 0 Å². The van der Waals surface area contributed by atoms with Crippen molar-refractivity contribution >= 4 is 17.5 Å². The predicted octanol–water partition coefficient (Wildman–Crippen LogP) is 3.16. The molecule has 8 heteroatoms. The molecule has 0 aromatic carbocycles. The Kier molecular flexibility index (Phi) is 4.15. The van der Waals surface area contributed by atoms with Crippen molar-refractivity contribution in [3.63, 3.8) is 0 Å². The molecule has 0 aliphatic carbocycles. The van der Waals surface area contributed by atoms with Gasteiger partial charge in [0.15, 0.2) is 0 Å². The largest absolute Gasteiger partial charge is 0.418 e. The lowest BCUT2D eigenvalue weighted by atomic mass is 10.2. The molecule has 1 unspecified atom stereocenters. The standard InChI is InChI=1S/C17H14ClN5O2/c18-14-9-11(5-7-20-14)17(24)23-8-2-4-13(23)16-22-21-15(25-16)12-3-1-6-19-10-12/h1,3,5-7,9-10,13H,2,4,8H2. The highest BCUT2D eigenvalue weighted by molar-refractivity contribution is 6.29. The van der Waals surface area contributed by atoms with Crippen LogP contribution in [-0.2, 0) is 0 Å². The van der Waals surface area contributed by atoms with E-state index in [0.717, 1.165) is 18.4 Å². The number of likely N-dealkylation sites (tertiary alicyclic amines) is 1. The van der Waals surface area contributed by atoms with Crippen LogP contribution in [0.15, 0.2) is 47.3 Å². The minimum Gasteiger partial charge on any atom is -0.418 e. The Morgan fingerprint density at radius 1 is 1.28 bits per heavy atom. The molecule has 1 aliphatic heterocycles. The Morgan fingerprint density at radius 3 is 3.00 bits per heavy atom. The maximum atomic E-state index is 12.8. The van der Waals surface area contributed by atoms with E-state index in [-0.39, 0.29) is 11.9 Å². The molecule has 1 saturated heterocycles. The molecule has 3 aromatic rings. The maximum absolute atomic E-state index is 12.8. The van der Waals surface area contributed by atoms with Gasteiger partial charge in [0.05, 0.1) is 5.56 Å². The number of carbonyl (C=O) groups excluding carboxylic acids is 1. The minimum absolute atomic E-state index is 0.118. The summed E-state index contributed by atoms with van der Waals surface area (Å²) in [6, 6.07) is 6.63. The summed E-state index contributed by atoms with van der Waals surface area (Å²) in [5, 5.41) is 8.52. The third-order valence-corrected chi connectivity index (χ3v) is 4.33. The van der Waals surface area contributed by atoms with E-state index in [1.165, 1.54) is 6.20 Å². The average Bonchev–Trinajstić information content (AvgIpc) is 3.31. The lowest BCUT2D eigenvalue weighted by molar-refractivity contribution is 0.0716. The molecule has 1 fully saturated rings. The molecule has 4 rings (SSSR count). The molecule has 126 valence electrons. The molecule has 1 aliphatic rings. The molecule has 1 amide bonds. The number of rotatable bonds is 3. The normalized spacial score (nSPS) is 17.0. The van der Waals surface area contributed by atoms with Crippen LogP contribution in [0, 0.1) is 0 Å². The first kappa shape index (κ1) is 15.7. The zero-order valence-corrected chi connectivity index (χ0v) is 13.9. The fourth-order valence-electron chi connectivity index (χ4n) is 2.94. The Labute approximate surface area is 148 Å². The first-order valence-corrected chi connectivity index (χ1v) is 8.26. The van der Waals surface area contributed by atoms with Gasteiger partial charge in [0.25, 0.3) is 5.91 Å². The van der Waals surface area contributed by atoms with Gasteiger partial charge in [-0.3, -0.25) is 9.78 Å². The molecule has 7 nitrogen and oxygen atoms in total. The van der Waals surface area contributed by atoms with Crippen LogP contribution < -0.4 is 0 Å². The zero-order valence-electron chi connectivity index (χ0n) is 13.2. The van der Waals surface area contributed by atoms with E-state index in [1.807, 2.05) is 6.07 Å². The van der Waals surface area contributed by atoms with Crippen LogP contribution in [0.25, 0.3) is 11.5 Å². The van der Waals surface area contributed by atoms with Crippen molar-refractivity contribution in [2.75, 3.05) is 6.54 Å². The third kappa shape index (κ3) is 3.10. The highest BCUT2D eigenvalue weighted by Crippen LogP contribution is 2.33. The summed E-state index contributed by atoms with van der Waals surface area (Å²) in [6.45, 7) is 0.633. The van der Waals surface area contributed by atoms with Crippen LogP contribution in [0.5, 0.6) is 0 Å². The number of aromatic nitrogens is 4. The zero-order chi connectivity index (χ0) is 17.2. The van der Waals surface area contributed by atoms with Crippen LogP contribution in [0.4, 0.5) is 0 Å². The van der Waals surface area contributed by atoms with Crippen molar-refractivity contribution < 1.29 is 9.21 Å². The minimum atomic E-state index is -0.239. The summed E-state index contributed by atoms with van der Waals surface area (Å²) in [5.74, 6) is 0.715. The van der Waals surface area contributed by atoms with E-state index in [9.17, 15) is 4.79 Å². The van der Waals surface area contributed by atoms with Crippen LogP contribution in [0.1, 0.15) is 35.1 Å². The van der Waals surface area contributed by atoms with Gasteiger partial charge in [-0.15, -0.1) is 10.2 Å². The van der Waals surface area contributed by atoms with Gasteiger partial charge in [0.1, 0.15) is 11.2 Å². The van der Waals surface area contributed by atoms with Crippen molar-refractivity contribution in [3.05, 3.63) is 59.5 Å². The first-order valence-electron chi connectivity index (χ1n) is 7.89. The number of carbonyl (C=O) groups is 1. The number of hydrogen-bond acceptors (Lipinski definition) is 6. The van der Waals surface area contributed by atoms with Gasteiger partial charge in [0.2, 0.25) is 11.8 Å². The smallest absolute Gasteiger partial charge is 0.254 e. The summed E-state index contributed by atoms with van der Waals surface area (Å²) >= 11 is 5.89. The first-order chi connectivity index (χ1) is 12.2. The summed E-state index contributed by atoms with van der Waals surface area (Å²) in [4.78, 5) is 22.5. The molecular weight excluding hydrogens is 342 g/mol. The summed E-state index contributed by atoms with van der Waals surface area (Å²) in [5.41, 5.74) is 1.25. The SMILES string of the molecule is O=C(c1ccnc(Cl)c1)N1CCCC1c1nnc(-c2cccnc2)o1. The molecule has 4 heterocycles. The van der Waals surface area contributed by atoms with E-state index < -0.39 is 0 Å². The van der Waals surface area contributed by atoms with Gasteiger partial charge < -0.3 is 9.32 Å². The summed E-state index contributed by atoms with van der Waals surface area (Å²) in [6.07, 6.45) is 6.51. The van der Waals surface area contributed by atoms with E-state index in [1.54, 1.807) is 35.5 Å². The lowest BCUT2D eigenvalue weighted by Crippen LogP contribution is -2.30. The van der Waals surface area contributed by atoms with E-state index in [4.69, 9.17) is 16.0 Å². The second-order valence-electron chi connectivity index (χ2n) is 5.71. The van der Waals surface area contributed by atoms with Gasteiger partial charge in [-0.25, -0.2) is 4.98 Å². The van der Waals surface area contributed by atoms with E-state index in [2.05, 4.69) is 20.2 Å². The Bertz CT molecular complexity index is 899. The van der Waals surface area contributed by atoms with Crippen molar-refractivity contribution in [1.29, 1.82) is 0 Å². The highest BCUT2D eigenvalue weighted by atomic mass is 35.5. The van der Waals surface area contributed by atoms with Crippen LogP contribution in [0.3, 0.4) is 0 Å². The van der Waals surface area contributed by atoms with Gasteiger partial charge in [-0.05, 0) is 37.1 Å². The van der Waals surface area contributed by atoms with E-state index in [0.29, 0.717) is 29.0 Å². The third-order valence-electron chi connectivity index (χ3n) is 4.12. The molecule has 3 aromatic heterocycles. The monoisotopic (exact) mass is 355 g/mol. The van der Waals surface area contributed by atoms with Gasteiger partial charge in [-0.2, -0.15) is 0 Å². The van der Waals surface area contributed by atoms with Gasteiger partial charge in [0, 0.05) is 30.7 Å². The van der Waals surface area contributed by atoms with Crippen LogP contribution in [0.2, 0.25) is 5.15 Å². The fourth-order valence-corrected chi connectivity index (χ4v) is 3.12. The molecule has 1 atom stereocenters. The van der Waals surface area contributed by atoms with Gasteiger partial charge >= 0.3 is 0 Å². The number of halogens is 1. The lowest BCUT2D eigenvalue weighted by Gasteiger charge is -2.22.